The summed E-state index contributed by atoms with van der Waals surface area (Å²) >= 11 is 0. The van der Waals surface area contributed by atoms with Gasteiger partial charge in [0.15, 0.2) is 0 Å². The number of hydrogen-bond donors (Lipinski definition) is 2. The molecule has 0 atom stereocenters. The summed E-state index contributed by atoms with van der Waals surface area (Å²) in [5.74, 6) is 0.274. The Bertz CT molecular complexity index is 947. The fourth-order valence-electron chi connectivity index (χ4n) is 2.60. The number of carbonyl (C=O) groups excluding carboxylic acids is 1. The molecule has 2 heterocycles. The van der Waals surface area contributed by atoms with E-state index in [0.717, 1.165) is 0 Å². The van der Waals surface area contributed by atoms with Crippen LogP contribution in [0.1, 0.15) is 20.3 Å². The molecular weight excluding hydrogens is 334 g/mol. The molecule has 0 aliphatic heterocycles. The molecule has 0 aliphatic carbocycles. The van der Waals surface area contributed by atoms with Gasteiger partial charge in [-0.2, -0.15) is 9.38 Å². The predicted octanol–water partition coefficient (Wildman–Crippen LogP) is 3.97. The summed E-state index contributed by atoms with van der Waals surface area (Å²) in [6.45, 7) is 3.96. The molecule has 2 aromatic heterocycles. The fraction of sp³-hybridized carbons (Fsp3) is 0.222. The number of fused-ring (bicyclic) bond motifs is 1. The van der Waals surface area contributed by atoms with Crippen LogP contribution in [-0.2, 0) is 4.79 Å². The van der Waals surface area contributed by atoms with Crippen LogP contribution >= 0.6 is 0 Å². The SMILES string of the molecule is CC(C)CC(=O)Nc1ccc(Nc2nc3ccccn3c2[N+](=O)[O-])cc1. The first kappa shape index (κ1) is 17.4. The van der Waals surface area contributed by atoms with E-state index in [1.54, 1.807) is 48.7 Å². The second kappa shape index (κ2) is 7.22. The number of imidazole rings is 1. The highest BCUT2D eigenvalue weighted by Gasteiger charge is 2.22. The molecule has 0 fully saturated rings. The molecule has 1 amide bonds. The lowest BCUT2D eigenvalue weighted by Gasteiger charge is -2.08. The van der Waals surface area contributed by atoms with Crippen molar-refractivity contribution in [3.05, 3.63) is 58.8 Å². The second-order valence-corrected chi connectivity index (χ2v) is 6.32. The lowest BCUT2D eigenvalue weighted by atomic mass is 10.1. The lowest BCUT2D eigenvalue weighted by Crippen LogP contribution is -2.13. The number of nitrogens with zero attached hydrogens (tertiary/aromatic N) is 3. The number of anilines is 3. The molecule has 0 spiro atoms. The van der Waals surface area contributed by atoms with Crippen LogP contribution < -0.4 is 10.6 Å². The minimum Gasteiger partial charge on any atom is -0.358 e. The largest absolute Gasteiger partial charge is 0.372 e. The third kappa shape index (κ3) is 3.80. The quantitative estimate of drug-likeness (QED) is 0.516. The Morgan fingerprint density at radius 2 is 1.88 bits per heavy atom. The molecule has 0 radical (unpaired) electrons. The normalized spacial score (nSPS) is 10.9. The van der Waals surface area contributed by atoms with E-state index in [0.29, 0.717) is 23.4 Å². The molecule has 2 N–H and O–H groups in total. The van der Waals surface area contributed by atoms with Gasteiger partial charge >= 0.3 is 5.82 Å². The van der Waals surface area contributed by atoms with Gasteiger partial charge in [-0.15, -0.1) is 0 Å². The van der Waals surface area contributed by atoms with Gasteiger partial charge in [-0.1, -0.05) is 19.9 Å². The van der Waals surface area contributed by atoms with E-state index in [4.69, 9.17) is 0 Å². The maximum Gasteiger partial charge on any atom is 0.372 e. The van der Waals surface area contributed by atoms with Crippen molar-refractivity contribution in [3.63, 3.8) is 0 Å². The van der Waals surface area contributed by atoms with Crippen LogP contribution in [0.25, 0.3) is 5.65 Å². The van der Waals surface area contributed by atoms with Crippen molar-refractivity contribution in [2.24, 2.45) is 5.92 Å². The molecule has 8 heteroatoms. The average Bonchev–Trinajstić information content (AvgIpc) is 2.93. The van der Waals surface area contributed by atoms with Gasteiger partial charge in [-0.05, 0) is 41.2 Å². The first-order chi connectivity index (χ1) is 12.4. The van der Waals surface area contributed by atoms with Crippen LogP contribution in [-0.4, -0.2) is 20.2 Å². The molecule has 0 aliphatic rings. The average molecular weight is 353 g/mol. The van der Waals surface area contributed by atoms with E-state index >= 15 is 0 Å². The van der Waals surface area contributed by atoms with Crippen molar-refractivity contribution in [2.75, 3.05) is 10.6 Å². The van der Waals surface area contributed by atoms with E-state index in [2.05, 4.69) is 15.6 Å². The molecule has 0 saturated carbocycles. The Kier molecular flexibility index (Phi) is 4.83. The molecule has 3 rings (SSSR count). The number of benzene rings is 1. The highest BCUT2D eigenvalue weighted by molar-refractivity contribution is 5.91. The first-order valence-corrected chi connectivity index (χ1v) is 8.22. The third-order valence-corrected chi connectivity index (χ3v) is 3.70. The zero-order valence-corrected chi connectivity index (χ0v) is 14.5. The van der Waals surface area contributed by atoms with Gasteiger partial charge in [0.1, 0.15) is 0 Å². The molecular formula is C18H19N5O3. The molecule has 0 unspecified atom stereocenters. The van der Waals surface area contributed by atoms with E-state index in [9.17, 15) is 14.9 Å². The Morgan fingerprint density at radius 3 is 2.54 bits per heavy atom. The number of pyridine rings is 1. The van der Waals surface area contributed by atoms with Gasteiger partial charge in [0.25, 0.3) is 0 Å². The number of carbonyl (C=O) groups is 1. The van der Waals surface area contributed by atoms with Crippen LogP contribution in [0.3, 0.4) is 0 Å². The first-order valence-electron chi connectivity index (χ1n) is 8.22. The van der Waals surface area contributed by atoms with Gasteiger partial charge in [0.2, 0.25) is 17.4 Å². The number of nitrogens with one attached hydrogen (secondary N) is 2. The molecule has 0 saturated heterocycles. The summed E-state index contributed by atoms with van der Waals surface area (Å²) in [5.41, 5.74) is 1.79. The fourth-order valence-corrected chi connectivity index (χ4v) is 2.60. The zero-order chi connectivity index (χ0) is 18.7. The number of aromatic nitrogens is 2. The summed E-state index contributed by atoms with van der Waals surface area (Å²) in [5, 5.41) is 17.2. The monoisotopic (exact) mass is 353 g/mol. The maximum absolute atomic E-state index is 11.8. The van der Waals surface area contributed by atoms with Crippen molar-refractivity contribution >= 4 is 34.6 Å². The lowest BCUT2D eigenvalue weighted by molar-refractivity contribution is -0.389. The van der Waals surface area contributed by atoms with E-state index < -0.39 is 4.92 Å². The number of amides is 1. The predicted molar refractivity (Wildman–Crippen MR) is 99.7 cm³/mol. The molecule has 8 nitrogen and oxygen atoms in total. The molecule has 3 aromatic rings. The number of rotatable bonds is 6. The van der Waals surface area contributed by atoms with Crippen molar-refractivity contribution in [1.29, 1.82) is 0 Å². The van der Waals surface area contributed by atoms with Crippen molar-refractivity contribution in [2.45, 2.75) is 20.3 Å². The van der Waals surface area contributed by atoms with Crippen molar-refractivity contribution < 1.29 is 9.72 Å². The summed E-state index contributed by atoms with van der Waals surface area (Å²) in [6, 6.07) is 12.1. The Balaban J connectivity index is 1.79. The minimum atomic E-state index is -0.469. The molecule has 26 heavy (non-hydrogen) atoms. The Labute approximate surface area is 150 Å². The van der Waals surface area contributed by atoms with Gasteiger partial charge < -0.3 is 20.7 Å². The smallest absolute Gasteiger partial charge is 0.358 e. The molecule has 134 valence electrons. The van der Waals surface area contributed by atoms with Crippen molar-refractivity contribution in [3.8, 4) is 0 Å². The zero-order valence-electron chi connectivity index (χ0n) is 14.5. The van der Waals surface area contributed by atoms with Gasteiger partial charge in [0.05, 0.1) is 6.20 Å². The standard InChI is InChI=1S/C18H19N5O3/c1-12(2)11-16(24)19-13-6-8-14(9-7-13)20-17-18(23(25)26)22-10-4-3-5-15(22)21-17/h3-10,12,20H,11H2,1-2H3,(H,19,24). The Hall–Kier alpha value is -3.42. The van der Waals surface area contributed by atoms with Gasteiger partial charge in [0, 0.05) is 23.9 Å². The van der Waals surface area contributed by atoms with Crippen LogP contribution in [0.15, 0.2) is 48.7 Å². The Morgan fingerprint density at radius 1 is 1.19 bits per heavy atom. The summed E-state index contributed by atoms with van der Waals surface area (Å²) < 4.78 is 1.42. The van der Waals surface area contributed by atoms with Gasteiger partial charge in [-0.3, -0.25) is 4.79 Å². The van der Waals surface area contributed by atoms with Crippen LogP contribution in [0.4, 0.5) is 23.0 Å². The summed E-state index contributed by atoms with van der Waals surface area (Å²) in [6.07, 6.45) is 2.05. The highest BCUT2D eigenvalue weighted by atomic mass is 16.6. The van der Waals surface area contributed by atoms with E-state index in [1.165, 1.54) is 4.40 Å². The summed E-state index contributed by atoms with van der Waals surface area (Å²) in [7, 11) is 0. The van der Waals surface area contributed by atoms with Gasteiger partial charge in [-0.25, -0.2) is 0 Å². The highest BCUT2D eigenvalue weighted by Crippen LogP contribution is 2.28. The summed E-state index contributed by atoms with van der Waals surface area (Å²) in [4.78, 5) is 27.0. The van der Waals surface area contributed by atoms with E-state index in [-0.39, 0.29) is 23.5 Å². The number of nitro groups is 1. The molecule has 0 bridgehead atoms. The second-order valence-electron chi connectivity index (χ2n) is 6.32. The minimum absolute atomic E-state index is 0.0447. The van der Waals surface area contributed by atoms with Crippen LogP contribution in [0.5, 0.6) is 0 Å². The number of hydrogen-bond acceptors (Lipinski definition) is 5. The van der Waals surface area contributed by atoms with Crippen molar-refractivity contribution in [1.82, 2.24) is 9.38 Å². The van der Waals surface area contributed by atoms with E-state index in [1.807, 2.05) is 13.8 Å². The third-order valence-electron chi connectivity index (χ3n) is 3.70. The maximum atomic E-state index is 11.8. The van der Waals surface area contributed by atoms with Crippen LogP contribution in [0, 0.1) is 16.0 Å². The van der Waals surface area contributed by atoms with Crippen LogP contribution in [0.2, 0.25) is 0 Å². The molecule has 1 aromatic carbocycles. The topological polar surface area (TPSA) is 102 Å².